The van der Waals surface area contributed by atoms with Crippen molar-refractivity contribution >= 4 is 46.4 Å². The number of benzene rings is 1. The van der Waals surface area contributed by atoms with E-state index in [2.05, 4.69) is 10.3 Å². The van der Waals surface area contributed by atoms with Crippen molar-refractivity contribution in [1.82, 2.24) is 10.3 Å². The Labute approximate surface area is 186 Å². The van der Waals surface area contributed by atoms with Crippen LogP contribution in [0.1, 0.15) is 50.2 Å². The summed E-state index contributed by atoms with van der Waals surface area (Å²) in [5.74, 6) is -1.03. The highest BCUT2D eigenvalue weighted by Gasteiger charge is 2.25. The minimum Gasteiger partial charge on any atom is -0.365 e. The molecule has 2 amide bonds. The van der Waals surface area contributed by atoms with Gasteiger partial charge in [-0.05, 0) is 66.8 Å². The second-order valence-electron chi connectivity index (χ2n) is 7.05. The van der Waals surface area contributed by atoms with E-state index in [1.54, 1.807) is 24.3 Å². The molecule has 0 spiro atoms. The van der Waals surface area contributed by atoms with Gasteiger partial charge in [0.15, 0.2) is 0 Å². The fraction of sp³-hybridized carbons (Fsp3) is 0.190. The molecule has 4 N–H and O–H groups in total. The van der Waals surface area contributed by atoms with Gasteiger partial charge < -0.3 is 16.0 Å². The van der Waals surface area contributed by atoms with E-state index in [4.69, 9.17) is 28.9 Å². The van der Waals surface area contributed by atoms with Crippen LogP contribution in [0.5, 0.6) is 0 Å². The molecular formula is C21H17Cl2N3O3S. The van der Waals surface area contributed by atoms with Crippen molar-refractivity contribution in [3.05, 3.63) is 78.5 Å². The first-order valence-corrected chi connectivity index (χ1v) is 10.8. The van der Waals surface area contributed by atoms with Gasteiger partial charge in [-0.15, -0.1) is 11.3 Å². The van der Waals surface area contributed by atoms with E-state index >= 15 is 0 Å². The van der Waals surface area contributed by atoms with Crippen LogP contribution in [-0.4, -0.2) is 16.8 Å². The van der Waals surface area contributed by atoms with E-state index < -0.39 is 11.5 Å². The highest BCUT2D eigenvalue weighted by atomic mass is 35.5. The van der Waals surface area contributed by atoms with Gasteiger partial charge >= 0.3 is 0 Å². The third kappa shape index (κ3) is 4.14. The van der Waals surface area contributed by atoms with Crippen LogP contribution >= 0.6 is 34.5 Å². The van der Waals surface area contributed by atoms with Crippen molar-refractivity contribution in [2.75, 3.05) is 0 Å². The van der Waals surface area contributed by atoms with Gasteiger partial charge in [0.2, 0.25) is 0 Å². The topological polar surface area (TPSA) is 105 Å². The molecule has 1 aromatic carbocycles. The Hall–Kier alpha value is -2.61. The Bertz CT molecular complexity index is 1200. The molecule has 0 bridgehead atoms. The number of carbonyl (C=O) groups is 2. The quantitative estimate of drug-likeness (QED) is 0.538. The van der Waals surface area contributed by atoms with Crippen LogP contribution in [0.15, 0.2) is 41.2 Å². The van der Waals surface area contributed by atoms with Crippen molar-refractivity contribution in [2.45, 2.75) is 25.3 Å². The largest absolute Gasteiger partial charge is 0.365 e. The summed E-state index contributed by atoms with van der Waals surface area (Å²) < 4.78 is 0. The van der Waals surface area contributed by atoms with Crippen LogP contribution in [-0.2, 0) is 6.42 Å². The molecule has 1 aliphatic carbocycles. The fourth-order valence-electron chi connectivity index (χ4n) is 3.61. The molecule has 1 aliphatic rings. The van der Waals surface area contributed by atoms with Crippen molar-refractivity contribution in [3.8, 4) is 10.4 Å². The first-order chi connectivity index (χ1) is 14.3. The number of carbonyl (C=O) groups excluding carboxylic acids is 2. The van der Waals surface area contributed by atoms with Crippen LogP contribution in [0.25, 0.3) is 10.4 Å². The number of pyridine rings is 1. The molecule has 2 heterocycles. The van der Waals surface area contributed by atoms with E-state index in [0.29, 0.717) is 27.8 Å². The van der Waals surface area contributed by atoms with E-state index in [1.807, 2.05) is 6.07 Å². The van der Waals surface area contributed by atoms with Crippen LogP contribution in [0.2, 0.25) is 10.0 Å². The van der Waals surface area contributed by atoms with Gasteiger partial charge in [-0.25, -0.2) is 0 Å². The van der Waals surface area contributed by atoms with Crippen LogP contribution in [0, 0.1) is 0 Å². The number of aromatic amines is 1. The first-order valence-electron chi connectivity index (χ1n) is 9.25. The number of hydrogen-bond donors (Lipinski definition) is 3. The molecule has 2 aromatic heterocycles. The normalized spacial score (nSPS) is 15.5. The van der Waals surface area contributed by atoms with E-state index in [1.165, 1.54) is 17.4 Å². The molecule has 0 radical (unpaired) electrons. The number of thiophene rings is 1. The smallest absolute Gasteiger partial charge is 0.261 e. The summed E-state index contributed by atoms with van der Waals surface area (Å²) in [7, 11) is 0. The van der Waals surface area contributed by atoms with Gasteiger partial charge in [-0.1, -0.05) is 23.2 Å². The predicted molar refractivity (Wildman–Crippen MR) is 119 cm³/mol. The molecule has 6 nitrogen and oxygen atoms in total. The maximum absolute atomic E-state index is 12.9. The van der Waals surface area contributed by atoms with Crippen molar-refractivity contribution in [1.29, 1.82) is 0 Å². The molecule has 3 aromatic rings. The minimum atomic E-state index is -0.794. The number of H-pyrrole nitrogens is 1. The van der Waals surface area contributed by atoms with Gasteiger partial charge in [0.25, 0.3) is 17.4 Å². The molecular weight excluding hydrogens is 445 g/mol. The summed E-state index contributed by atoms with van der Waals surface area (Å²) in [4.78, 5) is 40.6. The van der Waals surface area contributed by atoms with Crippen LogP contribution in [0.4, 0.5) is 0 Å². The number of nitrogens with two attached hydrogens (primary N) is 1. The number of fused-ring (bicyclic) bond motifs is 1. The summed E-state index contributed by atoms with van der Waals surface area (Å²) in [6, 6.07) is 10.0. The number of halogens is 2. The summed E-state index contributed by atoms with van der Waals surface area (Å²) in [5.41, 5.74) is 6.98. The third-order valence-electron chi connectivity index (χ3n) is 5.00. The Morgan fingerprint density at radius 1 is 1.13 bits per heavy atom. The maximum Gasteiger partial charge on any atom is 0.261 e. The van der Waals surface area contributed by atoms with Crippen molar-refractivity contribution in [2.24, 2.45) is 5.73 Å². The molecule has 4 rings (SSSR count). The zero-order valence-electron chi connectivity index (χ0n) is 15.6. The summed E-state index contributed by atoms with van der Waals surface area (Å²) >= 11 is 13.5. The lowest BCUT2D eigenvalue weighted by molar-refractivity contribution is 0.0936. The number of primary amides is 1. The SMILES string of the molecule is NC(=O)c1cc2c([nH]c1=O)CCCC2NC(=O)c1ccc(-c2cc(Cl)cc(Cl)c2)s1. The highest BCUT2D eigenvalue weighted by molar-refractivity contribution is 7.17. The van der Waals surface area contributed by atoms with E-state index in [0.717, 1.165) is 28.1 Å². The average molecular weight is 462 g/mol. The standard InChI is InChI=1S/C21H17Cl2N3O3S/c22-11-6-10(7-12(23)8-11)17-4-5-18(30-17)21(29)26-16-3-1-2-15-13(16)9-14(19(24)27)20(28)25-15/h4-9,16H,1-3H2,(H2,24,27)(H,25,28)(H,26,29). The lowest BCUT2D eigenvalue weighted by Gasteiger charge is -2.26. The second-order valence-corrected chi connectivity index (χ2v) is 9.01. The van der Waals surface area contributed by atoms with Gasteiger partial charge in [0, 0.05) is 20.6 Å². The first kappa shape index (κ1) is 20.7. The molecule has 30 heavy (non-hydrogen) atoms. The number of amides is 2. The number of rotatable bonds is 4. The van der Waals surface area contributed by atoms with Gasteiger partial charge in [0.1, 0.15) is 5.56 Å². The second kappa shape index (κ2) is 8.26. The lowest BCUT2D eigenvalue weighted by Crippen LogP contribution is -2.33. The van der Waals surface area contributed by atoms with E-state index in [9.17, 15) is 14.4 Å². The summed E-state index contributed by atoms with van der Waals surface area (Å²) in [5, 5.41) is 4.06. The Morgan fingerprint density at radius 2 is 1.87 bits per heavy atom. The van der Waals surface area contributed by atoms with Gasteiger partial charge in [-0.2, -0.15) is 0 Å². The number of nitrogens with one attached hydrogen (secondary N) is 2. The molecule has 0 saturated carbocycles. The predicted octanol–water partition coefficient (Wildman–Crippen LogP) is 4.32. The van der Waals surface area contributed by atoms with E-state index in [-0.39, 0.29) is 17.5 Å². The molecule has 1 atom stereocenters. The summed E-state index contributed by atoms with van der Waals surface area (Å²) in [6.45, 7) is 0. The highest BCUT2D eigenvalue weighted by Crippen LogP contribution is 2.33. The minimum absolute atomic E-state index is 0.105. The molecule has 1 unspecified atom stereocenters. The zero-order valence-corrected chi connectivity index (χ0v) is 18.0. The fourth-order valence-corrected chi connectivity index (χ4v) is 5.04. The van der Waals surface area contributed by atoms with Crippen molar-refractivity contribution in [3.63, 3.8) is 0 Å². The van der Waals surface area contributed by atoms with Crippen molar-refractivity contribution < 1.29 is 9.59 Å². The molecule has 9 heteroatoms. The van der Waals surface area contributed by atoms with Crippen LogP contribution < -0.4 is 16.6 Å². The third-order valence-corrected chi connectivity index (χ3v) is 6.57. The Kier molecular flexibility index (Phi) is 5.69. The molecule has 0 aliphatic heterocycles. The Morgan fingerprint density at radius 3 is 2.57 bits per heavy atom. The lowest BCUT2D eigenvalue weighted by atomic mass is 9.90. The number of hydrogen-bond acceptors (Lipinski definition) is 4. The monoisotopic (exact) mass is 461 g/mol. The average Bonchev–Trinajstić information content (AvgIpc) is 3.17. The zero-order chi connectivity index (χ0) is 21.4. The van der Waals surface area contributed by atoms with Gasteiger partial charge in [0.05, 0.1) is 10.9 Å². The van der Waals surface area contributed by atoms with Gasteiger partial charge in [-0.3, -0.25) is 14.4 Å². The van der Waals surface area contributed by atoms with Crippen LogP contribution in [0.3, 0.4) is 0 Å². The number of aryl methyl sites for hydroxylation is 1. The molecule has 154 valence electrons. The Balaban J connectivity index is 1.59. The number of aromatic nitrogens is 1. The molecule has 0 saturated heterocycles. The maximum atomic E-state index is 12.9. The summed E-state index contributed by atoms with van der Waals surface area (Å²) in [6.07, 6.45) is 2.18. The molecule has 0 fully saturated rings.